The number of hydrogen-bond donors (Lipinski definition) is 1. The largest absolute Gasteiger partial charge is 0.322 e. The van der Waals surface area contributed by atoms with Gasteiger partial charge in [-0.05, 0) is 30.3 Å². The summed E-state index contributed by atoms with van der Waals surface area (Å²) in [6, 6.07) is 11.0. The summed E-state index contributed by atoms with van der Waals surface area (Å²) in [5.41, 5.74) is 2.97. The lowest BCUT2D eigenvalue weighted by atomic mass is 10.3. The van der Waals surface area contributed by atoms with E-state index in [9.17, 15) is 4.79 Å². The highest BCUT2D eigenvalue weighted by Crippen LogP contribution is 2.09. The van der Waals surface area contributed by atoms with E-state index < -0.39 is 0 Å². The molecule has 2 aromatic heterocycles. The quantitative estimate of drug-likeness (QED) is 0.747. The maximum Gasteiger partial charge on any atom is 0.248 e. The minimum atomic E-state index is -0.226. The number of rotatable bonds is 3. The van der Waals surface area contributed by atoms with Gasteiger partial charge in [0, 0.05) is 24.2 Å². The minimum absolute atomic E-state index is 0.226. The Morgan fingerprint density at radius 2 is 1.81 bits per heavy atom. The third kappa shape index (κ3) is 3.27. The van der Waals surface area contributed by atoms with Gasteiger partial charge < -0.3 is 5.32 Å². The number of para-hydroxylation sites is 2. The Kier molecular flexibility index (Phi) is 3.64. The molecule has 0 fully saturated rings. The zero-order valence-electron chi connectivity index (χ0n) is 11.1. The first kappa shape index (κ1) is 12.9. The van der Waals surface area contributed by atoms with Crippen LogP contribution in [0.5, 0.6) is 0 Å². The van der Waals surface area contributed by atoms with Crippen molar-refractivity contribution in [1.29, 1.82) is 0 Å². The SMILES string of the molecule is O=C(/C=C/c1cnc2ccccc2n1)Nc1ccncc1. The van der Waals surface area contributed by atoms with Gasteiger partial charge in [-0.1, -0.05) is 12.1 Å². The Morgan fingerprint density at radius 3 is 2.62 bits per heavy atom. The van der Waals surface area contributed by atoms with Gasteiger partial charge in [0.05, 0.1) is 22.9 Å². The zero-order chi connectivity index (χ0) is 14.5. The summed E-state index contributed by atoms with van der Waals surface area (Å²) in [6.07, 6.45) is 7.94. The van der Waals surface area contributed by atoms with Crippen molar-refractivity contribution in [2.24, 2.45) is 0 Å². The lowest BCUT2D eigenvalue weighted by Gasteiger charge is -2.00. The molecular formula is C16H12N4O. The molecule has 102 valence electrons. The lowest BCUT2D eigenvalue weighted by Crippen LogP contribution is -2.07. The van der Waals surface area contributed by atoms with Crippen molar-refractivity contribution in [3.63, 3.8) is 0 Å². The number of aromatic nitrogens is 3. The van der Waals surface area contributed by atoms with Gasteiger partial charge in [-0.15, -0.1) is 0 Å². The van der Waals surface area contributed by atoms with Gasteiger partial charge in [0.25, 0.3) is 0 Å². The number of amides is 1. The summed E-state index contributed by atoms with van der Waals surface area (Å²) in [5, 5.41) is 2.74. The van der Waals surface area contributed by atoms with Crippen LogP contribution in [0.1, 0.15) is 5.69 Å². The summed E-state index contributed by atoms with van der Waals surface area (Å²) in [4.78, 5) is 24.4. The van der Waals surface area contributed by atoms with Crippen LogP contribution in [0.2, 0.25) is 0 Å². The van der Waals surface area contributed by atoms with E-state index in [-0.39, 0.29) is 5.91 Å². The van der Waals surface area contributed by atoms with Crippen LogP contribution in [-0.4, -0.2) is 20.9 Å². The third-order valence-electron chi connectivity index (χ3n) is 2.82. The smallest absolute Gasteiger partial charge is 0.248 e. The molecule has 0 aliphatic heterocycles. The van der Waals surface area contributed by atoms with Crippen LogP contribution >= 0.6 is 0 Å². The molecule has 3 rings (SSSR count). The van der Waals surface area contributed by atoms with Crippen LogP contribution < -0.4 is 5.32 Å². The second kappa shape index (κ2) is 5.92. The molecule has 0 aliphatic carbocycles. The van der Waals surface area contributed by atoms with E-state index in [0.717, 1.165) is 11.0 Å². The molecule has 0 spiro atoms. The van der Waals surface area contributed by atoms with E-state index in [1.165, 1.54) is 6.08 Å². The summed E-state index contributed by atoms with van der Waals surface area (Å²) in [5.74, 6) is -0.226. The number of carbonyl (C=O) groups excluding carboxylic acids is 1. The zero-order valence-corrected chi connectivity index (χ0v) is 11.1. The molecule has 0 saturated heterocycles. The first-order chi connectivity index (χ1) is 10.3. The predicted octanol–water partition coefficient (Wildman–Crippen LogP) is 2.68. The fraction of sp³-hybridized carbons (Fsp3) is 0. The highest BCUT2D eigenvalue weighted by atomic mass is 16.1. The van der Waals surface area contributed by atoms with Gasteiger partial charge >= 0.3 is 0 Å². The first-order valence-corrected chi connectivity index (χ1v) is 6.42. The van der Waals surface area contributed by atoms with E-state index in [4.69, 9.17) is 0 Å². The third-order valence-corrected chi connectivity index (χ3v) is 2.82. The molecule has 0 radical (unpaired) electrons. The molecular weight excluding hydrogens is 264 g/mol. The number of fused-ring (bicyclic) bond motifs is 1. The number of hydrogen-bond acceptors (Lipinski definition) is 4. The summed E-state index contributed by atoms with van der Waals surface area (Å²) in [7, 11) is 0. The Labute approximate surface area is 121 Å². The number of pyridine rings is 1. The second-order valence-corrected chi connectivity index (χ2v) is 4.34. The van der Waals surface area contributed by atoms with Gasteiger partial charge in [0.1, 0.15) is 0 Å². The van der Waals surface area contributed by atoms with Gasteiger partial charge in [-0.3, -0.25) is 14.8 Å². The lowest BCUT2D eigenvalue weighted by molar-refractivity contribution is -0.111. The van der Waals surface area contributed by atoms with E-state index in [1.807, 2.05) is 24.3 Å². The highest BCUT2D eigenvalue weighted by molar-refractivity contribution is 6.01. The highest BCUT2D eigenvalue weighted by Gasteiger charge is 1.99. The van der Waals surface area contributed by atoms with Crippen LogP contribution in [0.15, 0.2) is 61.1 Å². The second-order valence-electron chi connectivity index (χ2n) is 4.34. The summed E-state index contributed by atoms with van der Waals surface area (Å²) < 4.78 is 0. The van der Waals surface area contributed by atoms with Crippen molar-refractivity contribution in [2.45, 2.75) is 0 Å². The van der Waals surface area contributed by atoms with Crippen LogP contribution in [0.3, 0.4) is 0 Å². The van der Waals surface area contributed by atoms with Crippen molar-refractivity contribution in [3.05, 3.63) is 66.8 Å². The number of anilines is 1. The fourth-order valence-corrected chi connectivity index (χ4v) is 1.83. The van der Waals surface area contributed by atoms with Crippen molar-refractivity contribution >= 4 is 28.7 Å². The topological polar surface area (TPSA) is 67.8 Å². The monoisotopic (exact) mass is 276 g/mol. The van der Waals surface area contributed by atoms with Crippen LogP contribution in [0.25, 0.3) is 17.1 Å². The van der Waals surface area contributed by atoms with Crippen LogP contribution in [-0.2, 0) is 4.79 Å². The van der Waals surface area contributed by atoms with E-state index >= 15 is 0 Å². The van der Waals surface area contributed by atoms with Gasteiger partial charge in [0.2, 0.25) is 5.91 Å². The maximum atomic E-state index is 11.8. The van der Waals surface area contributed by atoms with Gasteiger partial charge in [-0.25, -0.2) is 4.98 Å². The molecule has 5 heteroatoms. The molecule has 3 aromatic rings. The Morgan fingerprint density at radius 1 is 1.05 bits per heavy atom. The Hall–Kier alpha value is -3.08. The average Bonchev–Trinajstić information content (AvgIpc) is 2.54. The van der Waals surface area contributed by atoms with Crippen molar-refractivity contribution in [3.8, 4) is 0 Å². The number of nitrogens with one attached hydrogen (secondary N) is 1. The molecule has 0 atom stereocenters. The standard InChI is InChI=1S/C16H12N4O/c21-16(20-12-7-9-17-10-8-12)6-5-13-11-18-14-3-1-2-4-15(14)19-13/h1-11H,(H,17,20,21)/b6-5+. The Balaban J connectivity index is 1.73. The van der Waals surface area contributed by atoms with Crippen LogP contribution in [0.4, 0.5) is 5.69 Å². The first-order valence-electron chi connectivity index (χ1n) is 6.42. The Bertz CT molecular complexity index is 799. The normalized spacial score (nSPS) is 10.9. The molecule has 2 heterocycles. The molecule has 1 aromatic carbocycles. The summed E-state index contributed by atoms with van der Waals surface area (Å²) >= 11 is 0. The van der Waals surface area contributed by atoms with Crippen LogP contribution in [0, 0.1) is 0 Å². The minimum Gasteiger partial charge on any atom is -0.322 e. The predicted molar refractivity (Wildman–Crippen MR) is 81.4 cm³/mol. The average molecular weight is 276 g/mol. The molecule has 1 N–H and O–H groups in total. The van der Waals surface area contributed by atoms with Crippen molar-refractivity contribution < 1.29 is 4.79 Å². The maximum absolute atomic E-state index is 11.8. The van der Waals surface area contributed by atoms with Gasteiger partial charge in [-0.2, -0.15) is 0 Å². The molecule has 0 unspecified atom stereocenters. The number of carbonyl (C=O) groups is 1. The molecule has 0 bridgehead atoms. The molecule has 1 amide bonds. The van der Waals surface area contributed by atoms with E-state index in [1.54, 1.807) is 36.8 Å². The number of nitrogens with zero attached hydrogens (tertiary/aromatic N) is 3. The summed E-state index contributed by atoms with van der Waals surface area (Å²) in [6.45, 7) is 0. The molecule has 21 heavy (non-hydrogen) atoms. The van der Waals surface area contributed by atoms with Gasteiger partial charge in [0.15, 0.2) is 0 Å². The molecule has 5 nitrogen and oxygen atoms in total. The van der Waals surface area contributed by atoms with Crippen molar-refractivity contribution in [1.82, 2.24) is 15.0 Å². The van der Waals surface area contributed by atoms with E-state index in [0.29, 0.717) is 11.4 Å². The molecule has 0 aliphatic rings. The van der Waals surface area contributed by atoms with E-state index in [2.05, 4.69) is 20.3 Å². The van der Waals surface area contributed by atoms with Crippen molar-refractivity contribution in [2.75, 3.05) is 5.32 Å². The molecule has 0 saturated carbocycles. The fourth-order valence-electron chi connectivity index (χ4n) is 1.83. The number of benzene rings is 1.